The average molecular weight is 450 g/mol. The van der Waals surface area contributed by atoms with Crippen LogP contribution in [0.5, 0.6) is 5.75 Å². The van der Waals surface area contributed by atoms with Crippen molar-refractivity contribution in [2.75, 3.05) is 31.1 Å². The Labute approximate surface area is 186 Å². The number of anilines is 1. The summed E-state index contributed by atoms with van der Waals surface area (Å²) in [7, 11) is 0. The number of aliphatic hydroxyl groups excluding tert-OH is 1. The molecule has 0 radical (unpaired) electrons. The van der Waals surface area contributed by atoms with Crippen LogP contribution in [0.1, 0.15) is 18.4 Å². The van der Waals surface area contributed by atoms with Crippen LogP contribution >= 0.6 is 23.2 Å². The molecule has 2 aliphatic rings. The van der Waals surface area contributed by atoms with Crippen LogP contribution in [0.15, 0.2) is 49.2 Å². The number of aromatic nitrogens is 1. The van der Waals surface area contributed by atoms with E-state index in [0.717, 1.165) is 37.3 Å². The molecule has 4 rings (SSSR count). The van der Waals surface area contributed by atoms with Crippen molar-refractivity contribution in [3.63, 3.8) is 0 Å². The van der Waals surface area contributed by atoms with Gasteiger partial charge in [0.2, 0.25) is 5.91 Å². The molecule has 6 nitrogen and oxygen atoms in total. The number of hydrogen-bond donors (Lipinski definition) is 1. The summed E-state index contributed by atoms with van der Waals surface area (Å²) < 4.78 is 5.23. The number of carbonyl (C=O) groups excluding carboxylic acids is 1. The minimum atomic E-state index is 0.00259. The van der Waals surface area contributed by atoms with Crippen LogP contribution in [0.4, 0.5) is 5.82 Å². The van der Waals surface area contributed by atoms with E-state index in [1.165, 1.54) is 0 Å². The first-order valence-corrected chi connectivity index (χ1v) is 10.6. The highest BCUT2D eigenvalue weighted by molar-refractivity contribution is 6.42. The van der Waals surface area contributed by atoms with Gasteiger partial charge in [0.25, 0.3) is 0 Å². The molecule has 1 atom stereocenters. The Hall–Kier alpha value is -2.28. The number of benzene rings is 1. The molecular formula is C22H25Cl2N3O3. The molecule has 2 aromatic rings. The van der Waals surface area contributed by atoms with E-state index in [4.69, 9.17) is 33.0 Å². The molecule has 0 saturated carbocycles. The van der Waals surface area contributed by atoms with Crippen LogP contribution < -0.4 is 9.64 Å². The monoisotopic (exact) mass is 449 g/mol. The Morgan fingerprint density at radius 1 is 1.27 bits per heavy atom. The maximum Gasteiger partial charge on any atom is 0.242 e. The van der Waals surface area contributed by atoms with Crippen LogP contribution in [0, 0.1) is 0 Å². The van der Waals surface area contributed by atoms with Crippen molar-refractivity contribution < 1.29 is 14.6 Å². The van der Waals surface area contributed by atoms with Gasteiger partial charge in [-0.25, -0.2) is 4.98 Å². The SMILES string of the molecule is C=CCOc1ccc(Cl)c(Cl)c1.O=C1CN(c2ccc(CO)cn2)C[C@@H]2CCCN12. The number of amides is 1. The van der Waals surface area contributed by atoms with Crippen molar-refractivity contribution in [3.8, 4) is 5.75 Å². The van der Waals surface area contributed by atoms with Crippen molar-refractivity contribution >= 4 is 34.9 Å². The first-order valence-electron chi connectivity index (χ1n) is 9.80. The molecule has 2 saturated heterocycles. The number of ether oxygens (including phenoxy) is 1. The summed E-state index contributed by atoms with van der Waals surface area (Å²) in [6.07, 6.45) is 5.54. The van der Waals surface area contributed by atoms with Crippen LogP contribution in [0.25, 0.3) is 0 Å². The van der Waals surface area contributed by atoms with Gasteiger partial charge < -0.3 is 19.6 Å². The number of halogens is 2. The zero-order valence-electron chi connectivity index (χ0n) is 16.6. The number of rotatable bonds is 5. The number of aliphatic hydroxyl groups is 1. The molecule has 0 spiro atoms. The van der Waals surface area contributed by atoms with E-state index in [1.807, 2.05) is 21.9 Å². The van der Waals surface area contributed by atoms with Crippen LogP contribution in [-0.4, -0.2) is 53.2 Å². The molecule has 2 fully saturated rings. The third-order valence-electron chi connectivity index (χ3n) is 5.03. The van der Waals surface area contributed by atoms with Crippen molar-refractivity contribution in [3.05, 3.63) is 64.8 Å². The maximum atomic E-state index is 12.0. The zero-order chi connectivity index (χ0) is 21.5. The summed E-state index contributed by atoms with van der Waals surface area (Å²) >= 11 is 11.5. The van der Waals surface area contributed by atoms with E-state index in [0.29, 0.717) is 35.0 Å². The van der Waals surface area contributed by atoms with Gasteiger partial charge in [-0.05, 0) is 36.6 Å². The topological polar surface area (TPSA) is 65.9 Å². The number of nitrogens with zero attached hydrogens (tertiary/aromatic N) is 3. The van der Waals surface area contributed by atoms with Gasteiger partial charge >= 0.3 is 0 Å². The van der Waals surface area contributed by atoms with Gasteiger partial charge in [0, 0.05) is 31.4 Å². The molecule has 2 aliphatic heterocycles. The lowest BCUT2D eigenvalue weighted by molar-refractivity contribution is -0.131. The lowest BCUT2D eigenvalue weighted by Crippen LogP contribution is -2.54. The van der Waals surface area contributed by atoms with Crippen LogP contribution in [0.2, 0.25) is 10.0 Å². The molecule has 1 N–H and O–H groups in total. The molecule has 0 unspecified atom stereocenters. The van der Waals surface area contributed by atoms with Crippen molar-refractivity contribution in [1.29, 1.82) is 0 Å². The van der Waals surface area contributed by atoms with E-state index >= 15 is 0 Å². The molecular weight excluding hydrogens is 425 g/mol. The van der Waals surface area contributed by atoms with Crippen molar-refractivity contribution in [2.24, 2.45) is 0 Å². The molecule has 0 aliphatic carbocycles. The fourth-order valence-electron chi connectivity index (χ4n) is 3.52. The van der Waals surface area contributed by atoms with Gasteiger partial charge in [0.15, 0.2) is 0 Å². The van der Waals surface area contributed by atoms with E-state index in [-0.39, 0.29) is 12.5 Å². The fourth-order valence-corrected chi connectivity index (χ4v) is 3.81. The summed E-state index contributed by atoms with van der Waals surface area (Å²) in [5.41, 5.74) is 0.796. The van der Waals surface area contributed by atoms with Crippen LogP contribution in [0.3, 0.4) is 0 Å². The molecule has 0 bridgehead atoms. The quantitative estimate of drug-likeness (QED) is 0.700. The summed E-state index contributed by atoms with van der Waals surface area (Å²) in [6, 6.07) is 9.22. The number of hydrogen-bond acceptors (Lipinski definition) is 5. The highest BCUT2D eigenvalue weighted by Crippen LogP contribution is 2.26. The minimum Gasteiger partial charge on any atom is -0.490 e. The second kappa shape index (κ2) is 10.7. The summed E-state index contributed by atoms with van der Waals surface area (Å²) in [4.78, 5) is 20.4. The molecule has 1 aromatic heterocycles. The standard InChI is InChI=1S/C13H17N3O2.C9H8Cl2O/c17-9-10-3-4-12(14-6-10)15-7-11-2-1-5-16(11)13(18)8-15;1-2-5-12-7-3-4-8(10)9(11)6-7/h3-4,6,11,17H,1-2,5,7-9H2;2-4,6H,1,5H2/t11-;/m0./s1. The Morgan fingerprint density at radius 3 is 2.77 bits per heavy atom. The van der Waals surface area contributed by atoms with Crippen molar-refractivity contribution in [1.82, 2.24) is 9.88 Å². The van der Waals surface area contributed by atoms with Gasteiger partial charge in [0.05, 0.1) is 23.2 Å². The molecule has 1 amide bonds. The summed E-state index contributed by atoms with van der Waals surface area (Å²) in [6.45, 7) is 6.21. The Balaban J connectivity index is 0.000000187. The predicted octanol–water partition coefficient (Wildman–Crippen LogP) is 3.94. The third-order valence-corrected chi connectivity index (χ3v) is 5.77. The van der Waals surface area contributed by atoms with E-state index < -0.39 is 0 Å². The van der Waals surface area contributed by atoms with Crippen LogP contribution in [-0.2, 0) is 11.4 Å². The lowest BCUT2D eigenvalue weighted by atomic mass is 10.1. The normalized spacial score (nSPS) is 17.8. The van der Waals surface area contributed by atoms with E-state index in [2.05, 4.69) is 11.6 Å². The Morgan fingerprint density at radius 2 is 2.10 bits per heavy atom. The number of piperazine rings is 1. The van der Waals surface area contributed by atoms with E-state index in [9.17, 15) is 4.79 Å². The highest BCUT2D eigenvalue weighted by Gasteiger charge is 2.35. The van der Waals surface area contributed by atoms with Gasteiger partial charge in [-0.2, -0.15) is 0 Å². The Bertz CT molecular complexity index is 876. The molecule has 30 heavy (non-hydrogen) atoms. The molecule has 8 heteroatoms. The van der Waals surface area contributed by atoms with Gasteiger partial charge in [-0.1, -0.05) is 41.9 Å². The smallest absolute Gasteiger partial charge is 0.242 e. The fraction of sp³-hybridized carbons (Fsp3) is 0.364. The third kappa shape index (κ3) is 5.65. The number of pyridine rings is 1. The molecule has 160 valence electrons. The van der Waals surface area contributed by atoms with Crippen molar-refractivity contribution in [2.45, 2.75) is 25.5 Å². The first-order chi connectivity index (χ1) is 14.5. The largest absolute Gasteiger partial charge is 0.490 e. The number of carbonyl (C=O) groups is 1. The highest BCUT2D eigenvalue weighted by atomic mass is 35.5. The van der Waals surface area contributed by atoms with E-state index in [1.54, 1.807) is 30.5 Å². The van der Waals surface area contributed by atoms with Gasteiger partial charge in [-0.3, -0.25) is 4.79 Å². The second-order valence-corrected chi connectivity index (χ2v) is 7.94. The summed E-state index contributed by atoms with van der Waals surface area (Å²) in [5, 5.41) is 10.0. The predicted molar refractivity (Wildman–Crippen MR) is 119 cm³/mol. The van der Waals surface area contributed by atoms with Gasteiger partial charge in [-0.15, -0.1) is 0 Å². The van der Waals surface area contributed by atoms with Gasteiger partial charge in [0.1, 0.15) is 18.2 Å². The maximum absolute atomic E-state index is 12.0. The average Bonchev–Trinajstić information content (AvgIpc) is 3.24. The lowest BCUT2D eigenvalue weighted by Gasteiger charge is -2.37. The molecule has 3 heterocycles. The zero-order valence-corrected chi connectivity index (χ0v) is 18.1. The first kappa shape index (κ1) is 22.4. The second-order valence-electron chi connectivity index (χ2n) is 7.12. The number of fused-ring (bicyclic) bond motifs is 1. The Kier molecular flexibility index (Phi) is 7.96. The summed E-state index contributed by atoms with van der Waals surface area (Å²) in [5.74, 6) is 1.73. The minimum absolute atomic E-state index is 0.00259. The molecule has 1 aromatic carbocycles.